The molecule has 3 amide bonds. The first-order valence-corrected chi connectivity index (χ1v) is 8.79. The molecule has 1 atom stereocenters. The van der Waals surface area contributed by atoms with Crippen molar-refractivity contribution in [1.82, 2.24) is 15.8 Å². The highest BCUT2D eigenvalue weighted by atomic mass is 32.1. The number of hydrazine groups is 1. The molecule has 1 aromatic carbocycles. The SMILES string of the molecule is CC(C)c1ccc(NC(=S)NNC(=O)[C@@H]2CCCN(C(N)=O)C2)cc1. The summed E-state index contributed by atoms with van der Waals surface area (Å²) in [6.07, 6.45) is 1.47. The molecule has 1 aliphatic heterocycles. The van der Waals surface area contributed by atoms with Crippen molar-refractivity contribution in [2.24, 2.45) is 11.7 Å². The van der Waals surface area contributed by atoms with Crippen LogP contribution in [0, 0.1) is 5.92 Å². The van der Waals surface area contributed by atoms with Gasteiger partial charge in [0.2, 0.25) is 5.91 Å². The zero-order valence-corrected chi connectivity index (χ0v) is 15.4. The van der Waals surface area contributed by atoms with E-state index < -0.39 is 6.03 Å². The third-order valence-corrected chi connectivity index (χ3v) is 4.44. The predicted octanol–water partition coefficient (Wildman–Crippen LogP) is 1.92. The van der Waals surface area contributed by atoms with Crippen molar-refractivity contribution in [2.75, 3.05) is 18.4 Å². The monoisotopic (exact) mass is 363 g/mol. The first kappa shape index (κ1) is 19.0. The van der Waals surface area contributed by atoms with Crippen LogP contribution in [0.1, 0.15) is 38.2 Å². The number of thiocarbonyl (C=S) groups is 1. The Labute approximate surface area is 153 Å². The lowest BCUT2D eigenvalue weighted by atomic mass is 9.98. The maximum absolute atomic E-state index is 12.2. The Morgan fingerprint density at radius 1 is 1.24 bits per heavy atom. The van der Waals surface area contributed by atoms with E-state index in [1.807, 2.05) is 24.3 Å². The standard InChI is InChI=1S/C17H25N5O2S/c1-11(2)12-5-7-14(8-6-12)19-17(25)21-20-15(23)13-4-3-9-22(10-13)16(18)24/h5-8,11,13H,3-4,9-10H2,1-2H3,(H2,18,24)(H,20,23)(H2,19,21,25)/t13-/m1/s1. The number of primary amides is 1. The summed E-state index contributed by atoms with van der Waals surface area (Å²) in [5.41, 5.74) is 12.6. The smallest absolute Gasteiger partial charge is 0.314 e. The molecule has 2 rings (SSSR count). The van der Waals surface area contributed by atoms with E-state index in [0.29, 0.717) is 30.5 Å². The molecule has 0 aromatic heterocycles. The number of urea groups is 1. The van der Waals surface area contributed by atoms with Gasteiger partial charge in [-0.25, -0.2) is 4.79 Å². The number of anilines is 1. The number of hydrogen-bond donors (Lipinski definition) is 4. The summed E-state index contributed by atoms with van der Waals surface area (Å²) < 4.78 is 0. The summed E-state index contributed by atoms with van der Waals surface area (Å²) in [4.78, 5) is 24.9. The second-order valence-corrected chi connectivity index (χ2v) is 6.88. The molecular formula is C17H25N5O2S. The third-order valence-electron chi connectivity index (χ3n) is 4.24. The van der Waals surface area contributed by atoms with Crippen LogP contribution in [-0.4, -0.2) is 35.0 Å². The molecule has 1 saturated heterocycles. The van der Waals surface area contributed by atoms with E-state index in [-0.39, 0.29) is 11.8 Å². The Kier molecular flexibility index (Phi) is 6.58. The second-order valence-electron chi connectivity index (χ2n) is 6.47. The Hall–Kier alpha value is -2.35. The van der Waals surface area contributed by atoms with Crippen LogP contribution < -0.4 is 21.9 Å². The largest absolute Gasteiger partial charge is 0.351 e. The number of carbonyl (C=O) groups is 2. The molecule has 8 heteroatoms. The van der Waals surface area contributed by atoms with Crippen molar-refractivity contribution < 1.29 is 9.59 Å². The summed E-state index contributed by atoms with van der Waals surface area (Å²) in [5, 5.41) is 3.31. The molecule has 0 aliphatic carbocycles. The predicted molar refractivity (Wildman–Crippen MR) is 102 cm³/mol. The lowest BCUT2D eigenvalue weighted by molar-refractivity contribution is -0.126. The van der Waals surface area contributed by atoms with E-state index in [1.54, 1.807) is 0 Å². The highest BCUT2D eigenvalue weighted by molar-refractivity contribution is 7.80. The molecule has 25 heavy (non-hydrogen) atoms. The Morgan fingerprint density at radius 2 is 1.92 bits per heavy atom. The van der Waals surface area contributed by atoms with Gasteiger partial charge in [0.15, 0.2) is 5.11 Å². The lowest BCUT2D eigenvalue weighted by Crippen LogP contribution is -2.51. The summed E-state index contributed by atoms with van der Waals surface area (Å²) >= 11 is 5.18. The molecule has 1 aromatic rings. The molecule has 0 saturated carbocycles. The van der Waals surface area contributed by atoms with Gasteiger partial charge in [-0.3, -0.25) is 15.6 Å². The van der Waals surface area contributed by atoms with Crippen LogP contribution in [-0.2, 0) is 4.79 Å². The van der Waals surface area contributed by atoms with E-state index in [2.05, 4.69) is 30.0 Å². The number of nitrogens with zero attached hydrogens (tertiary/aromatic N) is 1. The van der Waals surface area contributed by atoms with Gasteiger partial charge in [-0.1, -0.05) is 26.0 Å². The van der Waals surface area contributed by atoms with Crippen LogP contribution in [0.5, 0.6) is 0 Å². The number of benzene rings is 1. The first-order valence-electron chi connectivity index (χ1n) is 8.38. The van der Waals surface area contributed by atoms with Crippen LogP contribution >= 0.6 is 12.2 Å². The zero-order valence-electron chi connectivity index (χ0n) is 14.5. The van der Waals surface area contributed by atoms with Crippen LogP contribution in [0.4, 0.5) is 10.5 Å². The first-order chi connectivity index (χ1) is 11.9. The number of amides is 3. The van der Waals surface area contributed by atoms with Crippen molar-refractivity contribution >= 4 is 35.0 Å². The van der Waals surface area contributed by atoms with Gasteiger partial charge in [0, 0.05) is 18.8 Å². The van der Waals surface area contributed by atoms with Crippen molar-refractivity contribution in [3.8, 4) is 0 Å². The molecule has 0 bridgehead atoms. The van der Waals surface area contributed by atoms with E-state index >= 15 is 0 Å². The average Bonchev–Trinajstić information content (AvgIpc) is 2.60. The van der Waals surface area contributed by atoms with Gasteiger partial charge in [0.1, 0.15) is 0 Å². The Balaban J connectivity index is 1.79. The van der Waals surface area contributed by atoms with Gasteiger partial charge in [-0.05, 0) is 48.7 Å². The van der Waals surface area contributed by atoms with Gasteiger partial charge in [0.25, 0.3) is 0 Å². The number of rotatable bonds is 3. The quantitative estimate of drug-likeness (QED) is 0.486. The fraction of sp³-hybridized carbons (Fsp3) is 0.471. The van der Waals surface area contributed by atoms with Crippen molar-refractivity contribution in [2.45, 2.75) is 32.6 Å². The highest BCUT2D eigenvalue weighted by Gasteiger charge is 2.27. The highest BCUT2D eigenvalue weighted by Crippen LogP contribution is 2.17. The fourth-order valence-electron chi connectivity index (χ4n) is 2.73. The second kappa shape index (κ2) is 8.66. The zero-order chi connectivity index (χ0) is 18.4. The number of nitrogens with two attached hydrogens (primary N) is 1. The van der Waals surface area contributed by atoms with Crippen molar-refractivity contribution in [3.05, 3.63) is 29.8 Å². The van der Waals surface area contributed by atoms with Gasteiger partial charge in [0.05, 0.1) is 5.92 Å². The van der Waals surface area contributed by atoms with E-state index in [0.717, 1.165) is 12.1 Å². The summed E-state index contributed by atoms with van der Waals surface area (Å²) in [7, 11) is 0. The Morgan fingerprint density at radius 3 is 2.52 bits per heavy atom. The molecule has 1 heterocycles. The van der Waals surface area contributed by atoms with E-state index in [9.17, 15) is 9.59 Å². The average molecular weight is 363 g/mol. The van der Waals surface area contributed by atoms with E-state index in [1.165, 1.54) is 10.5 Å². The molecule has 7 nitrogen and oxygen atoms in total. The topological polar surface area (TPSA) is 99.5 Å². The number of piperidine rings is 1. The molecule has 0 radical (unpaired) electrons. The maximum atomic E-state index is 12.2. The van der Waals surface area contributed by atoms with Gasteiger partial charge in [-0.2, -0.15) is 0 Å². The molecule has 0 spiro atoms. The summed E-state index contributed by atoms with van der Waals surface area (Å²) in [6, 6.07) is 7.46. The number of nitrogens with one attached hydrogen (secondary N) is 3. The summed E-state index contributed by atoms with van der Waals surface area (Å²) in [6.45, 7) is 5.20. The molecular weight excluding hydrogens is 338 g/mol. The van der Waals surface area contributed by atoms with Gasteiger partial charge < -0.3 is 16.0 Å². The number of likely N-dealkylation sites (tertiary alicyclic amines) is 1. The molecule has 1 fully saturated rings. The van der Waals surface area contributed by atoms with Crippen LogP contribution in [0.2, 0.25) is 0 Å². The molecule has 136 valence electrons. The molecule has 5 N–H and O–H groups in total. The van der Waals surface area contributed by atoms with E-state index in [4.69, 9.17) is 18.0 Å². The van der Waals surface area contributed by atoms with Crippen LogP contribution in [0.3, 0.4) is 0 Å². The number of hydrogen-bond acceptors (Lipinski definition) is 3. The van der Waals surface area contributed by atoms with Crippen molar-refractivity contribution in [1.29, 1.82) is 0 Å². The van der Waals surface area contributed by atoms with Crippen LogP contribution in [0.15, 0.2) is 24.3 Å². The summed E-state index contributed by atoms with van der Waals surface area (Å²) in [5.74, 6) is -0.0268. The fourth-order valence-corrected chi connectivity index (χ4v) is 2.89. The minimum Gasteiger partial charge on any atom is -0.351 e. The normalized spacial score (nSPS) is 17.1. The maximum Gasteiger partial charge on any atom is 0.314 e. The minimum atomic E-state index is -0.493. The Bertz CT molecular complexity index is 632. The lowest BCUT2D eigenvalue weighted by Gasteiger charge is -2.30. The van der Waals surface area contributed by atoms with Crippen molar-refractivity contribution in [3.63, 3.8) is 0 Å². The third kappa shape index (κ3) is 5.60. The number of carbonyl (C=O) groups excluding carboxylic acids is 2. The van der Waals surface area contributed by atoms with Gasteiger partial charge >= 0.3 is 6.03 Å². The molecule has 0 unspecified atom stereocenters. The minimum absolute atomic E-state index is 0.203. The van der Waals surface area contributed by atoms with Gasteiger partial charge in [-0.15, -0.1) is 0 Å². The van der Waals surface area contributed by atoms with Crippen LogP contribution in [0.25, 0.3) is 0 Å². The molecule has 1 aliphatic rings.